The molecule has 1 aromatic carbocycles. The Bertz CT molecular complexity index is 773. The SMILES string of the molecule is CCCN(CC(=O)Nc1ccccc1OC)C(=O)c1sc(CC)nc1C. The molecule has 0 bridgehead atoms. The predicted molar refractivity (Wildman–Crippen MR) is 104 cm³/mol. The molecule has 2 aromatic rings. The summed E-state index contributed by atoms with van der Waals surface area (Å²) in [5.41, 5.74) is 1.31. The number of hydrogen-bond acceptors (Lipinski definition) is 5. The fraction of sp³-hybridized carbons (Fsp3) is 0.421. The van der Waals surface area contributed by atoms with Gasteiger partial charge in [0.1, 0.15) is 17.2 Å². The molecule has 0 aliphatic heterocycles. The Balaban J connectivity index is 2.12. The van der Waals surface area contributed by atoms with E-state index in [-0.39, 0.29) is 18.4 Å². The molecule has 0 spiro atoms. The van der Waals surface area contributed by atoms with Crippen LogP contribution in [0.2, 0.25) is 0 Å². The van der Waals surface area contributed by atoms with E-state index in [1.165, 1.54) is 11.3 Å². The van der Waals surface area contributed by atoms with E-state index in [0.29, 0.717) is 22.9 Å². The minimum atomic E-state index is -0.255. The average Bonchev–Trinajstić information content (AvgIpc) is 3.02. The Labute approximate surface area is 158 Å². The third kappa shape index (κ3) is 4.82. The highest BCUT2D eigenvalue weighted by Crippen LogP contribution is 2.23. The molecule has 0 aliphatic carbocycles. The first kappa shape index (κ1) is 19.9. The molecular weight excluding hydrogens is 350 g/mol. The van der Waals surface area contributed by atoms with E-state index in [2.05, 4.69) is 10.3 Å². The molecule has 26 heavy (non-hydrogen) atoms. The van der Waals surface area contributed by atoms with Crippen molar-refractivity contribution in [3.63, 3.8) is 0 Å². The second-order valence-corrected chi connectivity index (χ2v) is 6.93. The summed E-state index contributed by atoms with van der Waals surface area (Å²) in [6, 6.07) is 7.19. The van der Waals surface area contributed by atoms with Crippen LogP contribution < -0.4 is 10.1 Å². The quantitative estimate of drug-likeness (QED) is 0.766. The maximum Gasteiger partial charge on any atom is 0.266 e. The van der Waals surface area contributed by atoms with Gasteiger partial charge in [-0.2, -0.15) is 0 Å². The van der Waals surface area contributed by atoms with Gasteiger partial charge in [-0.15, -0.1) is 11.3 Å². The monoisotopic (exact) mass is 375 g/mol. The van der Waals surface area contributed by atoms with Crippen molar-refractivity contribution in [3.8, 4) is 5.75 Å². The van der Waals surface area contributed by atoms with Gasteiger partial charge in [0.15, 0.2) is 0 Å². The zero-order valence-electron chi connectivity index (χ0n) is 15.7. The van der Waals surface area contributed by atoms with Crippen LogP contribution in [0.3, 0.4) is 0 Å². The van der Waals surface area contributed by atoms with E-state index >= 15 is 0 Å². The molecule has 2 rings (SSSR count). The summed E-state index contributed by atoms with van der Waals surface area (Å²) in [4.78, 5) is 32.0. The van der Waals surface area contributed by atoms with E-state index in [4.69, 9.17) is 4.74 Å². The smallest absolute Gasteiger partial charge is 0.266 e. The molecule has 7 heteroatoms. The first-order valence-corrected chi connectivity index (χ1v) is 9.50. The number of para-hydroxylation sites is 2. The molecule has 2 amide bonds. The fourth-order valence-corrected chi connectivity index (χ4v) is 3.55. The summed E-state index contributed by atoms with van der Waals surface area (Å²) in [6.07, 6.45) is 1.56. The number of benzene rings is 1. The highest BCUT2D eigenvalue weighted by Gasteiger charge is 2.23. The Hall–Kier alpha value is -2.41. The summed E-state index contributed by atoms with van der Waals surface area (Å²) in [7, 11) is 1.55. The summed E-state index contributed by atoms with van der Waals surface area (Å²) in [5.74, 6) is 0.186. The van der Waals surface area contributed by atoms with Crippen LogP contribution in [-0.4, -0.2) is 41.9 Å². The van der Waals surface area contributed by atoms with Crippen LogP contribution in [0.25, 0.3) is 0 Å². The zero-order chi connectivity index (χ0) is 19.1. The van der Waals surface area contributed by atoms with Crippen LogP contribution in [0.4, 0.5) is 5.69 Å². The van der Waals surface area contributed by atoms with E-state index in [1.54, 1.807) is 24.1 Å². The topological polar surface area (TPSA) is 71.5 Å². The molecule has 0 fully saturated rings. The molecule has 1 aromatic heterocycles. The van der Waals surface area contributed by atoms with Crippen molar-refractivity contribution in [1.82, 2.24) is 9.88 Å². The predicted octanol–water partition coefficient (Wildman–Crippen LogP) is 3.51. The highest BCUT2D eigenvalue weighted by atomic mass is 32.1. The number of aromatic nitrogens is 1. The molecule has 0 saturated carbocycles. The van der Waals surface area contributed by atoms with E-state index < -0.39 is 0 Å². The number of nitrogens with zero attached hydrogens (tertiary/aromatic N) is 2. The Morgan fingerprint density at radius 1 is 1.27 bits per heavy atom. The maximum absolute atomic E-state index is 12.9. The van der Waals surface area contributed by atoms with Crippen molar-refractivity contribution in [3.05, 3.63) is 39.8 Å². The minimum absolute atomic E-state index is 0.0104. The van der Waals surface area contributed by atoms with Gasteiger partial charge in [-0.05, 0) is 31.9 Å². The number of rotatable bonds is 8. The van der Waals surface area contributed by atoms with Crippen molar-refractivity contribution >= 4 is 28.8 Å². The van der Waals surface area contributed by atoms with Crippen molar-refractivity contribution in [2.24, 2.45) is 0 Å². The van der Waals surface area contributed by atoms with Gasteiger partial charge in [0, 0.05) is 6.54 Å². The number of hydrogen-bond donors (Lipinski definition) is 1. The van der Waals surface area contributed by atoms with Gasteiger partial charge in [0.2, 0.25) is 5.91 Å². The van der Waals surface area contributed by atoms with Crippen LogP contribution in [-0.2, 0) is 11.2 Å². The number of ether oxygens (including phenoxy) is 1. The van der Waals surface area contributed by atoms with E-state index in [9.17, 15) is 9.59 Å². The summed E-state index contributed by atoms with van der Waals surface area (Å²) in [5, 5.41) is 3.75. The van der Waals surface area contributed by atoms with Crippen LogP contribution in [0.1, 0.15) is 40.6 Å². The lowest BCUT2D eigenvalue weighted by Gasteiger charge is -2.21. The molecule has 0 unspecified atom stereocenters. The van der Waals surface area contributed by atoms with Gasteiger partial charge < -0.3 is 15.0 Å². The third-order valence-corrected chi connectivity index (χ3v) is 5.12. The molecule has 0 radical (unpaired) electrons. The van der Waals surface area contributed by atoms with Crippen LogP contribution in [0.15, 0.2) is 24.3 Å². The van der Waals surface area contributed by atoms with Gasteiger partial charge in [0.25, 0.3) is 5.91 Å². The maximum atomic E-state index is 12.9. The fourth-order valence-electron chi connectivity index (χ4n) is 2.58. The summed E-state index contributed by atoms with van der Waals surface area (Å²) < 4.78 is 5.24. The summed E-state index contributed by atoms with van der Waals surface area (Å²) in [6.45, 7) is 6.33. The standard InChI is InChI=1S/C19H25N3O3S/c1-5-11-22(19(24)18-13(3)20-17(6-2)26-18)12-16(23)21-14-9-7-8-10-15(14)25-4/h7-10H,5-6,11-12H2,1-4H3,(H,21,23). The van der Waals surface area contributed by atoms with Crippen molar-refractivity contribution in [2.75, 3.05) is 25.5 Å². The van der Waals surface area contributed by atoms with Crippen LogP contribution in [0.5, 0.6) is 5.75 Å². The molecule has 1 heterocycles. The number of carbonyl (C=O) groups is 2. The number of anilines is 1. The molecule has 0 aliphatic rings. The second kappa shape index (κ2) is 9.33. The Kier molecular flexibility index (Phi) is 7.15. The second-order valence-electron chi connectivity index (χ2n) is 5.85. The number of nitrogens with one attached hydrogen (secondary N) is 1. The first-order valence-electron chi connectivity index (χ1n) is 8.68. The largest absolute Gasteiger partial charge is 0.495 e. The third-order valence-electron chi connectivity index (χ3n) is 3.83. The lowest BCUT2D eigenvalue weighted by molar-refractivity contribution is -0.116. The number of aryl methyl sites for hydroxylation is 2. The van der Waals surface area contributed by atoms with Crippen LogP contribution >= 0.6 is 11.3 Å². The molecule has 6 nitrogen and oxygen atoms in total. The molecule has 0 atom stereocenters. The lowest BCUT2D eigenvalue weighted by Crippen LogP contribution is -2.38. The summed E-state index contributed by atoms with van der Waals surface area (Å²) >= 11 is 1.40. The Morgan fingerprint density at radius 3 is 2.62 bits per heavy atom. The average molecular weight is 375 g/mol. The molecular formula is C19H25N3O3S. The number of amides is 2. The number of carbonyl (C=O) groups excluding carboxylic acids is 2. The van der Waals surface area contributed by atoms with E-state index in [0.717, 1.165) is 23.5 Å². The number of thiazole rings is 1. The first-order chi connectivity index (χ1) is 12.5. The van der Waals surface area contributed by atoms with Crippen molar-refractivity contribution in [2.45, 2.75) is 33.6 Å². The van der Waals surface area contributed by atoms with Crippen molar-refractivity contribution < 1.29 is 14.3 Å². The Morgan fingerprint density at radius 2 is 2.00 bits per heavy atom. The molecule has 1 N–H and O–H groups in total. The molecule has 140 valence electrons. The van der Waals surface area contributed by atoms with Gasteiger partial charge in [-0.3, -0.25) is 9.59 Å². The zero-order valence-corrected chi connectivity index (χ0v) is 16.5. The van der Waals surface area contributed by atoms with Crippen LogP contribution in [0, 0.1) is 6.92 Å². The van der Waals surface area contributed by atoms with E-state index in [1.807, 2.05) is 32.9 Å². The van der Waals surface area contributed by atoms with Gasteiger partial charge in [0.05, 0.1) is 23.5 Å². The van der Waals surface area contributed by atoms with Gasteiger partial charge in [-0.1, -0.05) is 26.0 Å². The normalized spacial score (nSPS) is 10.5. The lowest BCUT2D eigenvalue weighted by atomic mass is 10.2. The molecule has 0 saturated heterocycles. The van der Waals surface area contributed by atoms with Gasteiger partial charge in [-0.25, -0.2) is 4.98 Å². The highest BCUT2D eigenvalue weighted by molar-refractivity contribution is 7.13. The van der Waals surface area contributed by atoms with Crippen molar-refractivity contribution in [1.29, 1.82) is 0 Å². The van der Waals surface area contributed by atoms with Gasteiger partial charge >= 0.3 is 0 Å². The minimum Gasteiger partial charge on any atom is -0.495 e. The number of methoxy groups -OCH3 is 1.